The molecule has 5 heteroatoms. The van der Waals surface area contributed by atoms with Gasteiger partial charge in [0, 0.05) is 19.5 Å². The van der Waals surface area contributed by atoms with E-state index in [9.17, 15) is 9.59 Å². The second-order valence-electron chi connectivity index (χ2n) is 4.18. The Kier molecular flexibility index (Phi) is 6.72. The van der Waals surface area contributed by atoms with Crippen LogP contribution in [0.4, 0.5) is 0 Å². The van der Waals surface area contributed by atoms with Gasteiger partial charge in [0.1, 0.15) is 6.04 Å². The van der Waals surface area contributed by atoms with Gasteiger partial charge in [-0.2, -0.15) is 0 Å². The van der Waals surface area contributed by atoms with Crippen LogP contribution < -0.4 is 5.32 Å². The molecule has 0 aliphatic carbocycles. The molecule has 0 spiro atoms. The maximum atomic E-state index is 11.0. The van der Waals surface area contributed by atoms with Crippen LogP contribution in [0.2, 0.25) is 0 Å². The monoisotopic (exact) mass is 230 g/mol. The van der Waals surface area contributed by atoms with Crippen molar-refractivity contribution in [2.75, 3.05) is 13.1 Å². The van der Waals surface area contributed by atoms with Gasteiger partial charge in [0.15, 0.2) is 0 Å². The van der Waals surface area contributed by atoms with Crippen molar-refractivity contribution in [3.63, 3.8) is 0 Å². The Bertz CT molecular complexity index is 241. The summed E-state index contributed by atoms with van der Waals surface area (Å²) in [6.07, 6.45) is 0.963. The first-order chi connectivity index (χ1) is 7.38. The molecule has 5 nitrogen and oxygen atoms in total. The van der Waals surface area contributed by atoms with Gasteiger partial charge in [0.25, 0.3) is 0 Å². The fourth-order valence-corrected chi connectivity index (χ4v) is 1.51. The summed E-state index contributed by atoms with van der Waals surface area (Å²) in [4.78, 5) is 23.9. The Hall–Kier alpha value is -1.10. The largest absolute Gasteiger partial charge is 0.480 e. The zero-order valence-corrected chi connectivity index (χ0v) is 10.5. The Labute approximate surface area is 96.8 Å². The zero-order chi connectivity index (χ0) is 12.7. The quantitative estimate of drug-likeness (QED) is 0.675. The summed E-state index contributed by atoms with van der Waals surface area (Å²) in [5.41, 5.74) is 0. The van der Waals surface area contributed by atoms with Gasteiger partial charge in [-0.25, -0.2) is 4.79 Å². The minimum Gasteiger partial charge on any atom is -0.480 e. The number of carbonyl (C=O) groups excluding carboxylic acids is 1. The summed E-state index contributed by atoms with van der Waals surface area (Å²) in [7, 11) is 0. The van der Waals surface area contributed by atoms with Crippen LogP contribution in [0.1, 0.15) is 34.1 Å². The second-order valence-corrected chi connectivity index (χ2v) is 4.18. The number of carboxylic acids is 1. The third kappa shape index (κ3) is 5.70. The number of nitrogens with one attached hydrogen (secondary N) is 1. The predicted molar refractivity (Wildman–Crippen MR) is 62.2 cm³/mol. The van der Waals surface area contributed by atoms with Crippen molar-refractivity contribution in [2.45, 2.75) is 46.2 Å². The lowest BCUT2D eigenvalue weighted by atomic mass is 10.2. The van der Waals surface area contributed by atoms with Crippen LogP contribution in [0.3, 0.4) is 0 Å². The highest BCUT2D eigenvalue weighted by Gasteiger charge is 2.22. The van der Waals surface area contributed by atoms with E-state index in [2.05, 4.69) is 10.2 Å². The lowest BCUT2D eigenvalue weighted by Crippen LogP contribution is -2.49. The van der Waals surface area contributed by atoms with Crippen molar-refractivity contribution >= 4 is 11.9 Å². The minimum atomic E-state index is -0.989. The Morgan fingerprint density at radius 3 is 2.25 bits per heavy atom. The predicted octanol–water partition coefficient (Wildman–Crippen LogP) is 0.696. The molecule has 16 heavy (non-hydrogen) atoms. The number of carboxylic acid groups (broad SMARTS) is 1. The molecule has 0 aromatic carbocycles. The first-order valence-corrected chi connectivity index (χ1v) is 5.62. The number of nitrogens with zero attached hydrogens (tertiary/aromatic N) is 1. The first-order valence-electron chi connectivity index (χ1n) is 5.62. The fourth-order valence-electron chi connectivity index (χ4n) is 1.51. The van der Waals surface area contributed by atoms with Crippen LogP contribution >= 0.6 is 0 Å². The summed E-state index contributed by atoms with van der Waals surface area (Å²) in [5.74, 6) is -1.30. The van der Waals surface area contributed by atoms with E-state index < -0.39 is 12.0 Å². The number of hydrogen-bond acceptors (Lipinski definition) is 3. The third-order valence-electron chi connectivity index (χ3n) is 2.33. The van der Waals surface area contributed by atoms with E-state index in [1.807, 2.05) is 20.8 Å². The van der Waals surface area contributed by atoms with Crippen molar-refractivity contribution in [3.8, 4) is 0 Å². The molecule has 0 aliphatic rings. The van der Waals surface area contributed by atoms with E-state index in [4.69, 9.17) is 5.11 Å². The van der Waals surface area contributed by atoms with Crippen molar-refractivity contribution in [1.82, 2.24) is 10.2 Å². The molecular weight excluding hydrogens is 208 g/mol. The summed E-state index contributed by atoms with van der Waals surface area (Å²) in [5, 5.41) is 11.4. The summed E-state index contributed by atoms with van der Waals surface area (Å²) < 4.78 is 0. The first kappa shape index (κ1) is 14.9. The van der Waals surface area contributed by atoms with E-state index in [1.54, 1.807) is 0 Å². The topological polar surface area (TPSA) is 69.6 Å². The highest BCUT2D eigenvalue weighted by molar-refractivity contribution is 5.82. The van der Waals surface area contributed by atoms with E-state index in [0.29, 0.717) is 6.54 Å². The highest BCUT2D eigenvalue weighted by atomic mass is 16.4. The lowest BCUT2D eigenvalue weighted by Gasteiger charge is -2.28. The number of carbonyl (C=O) groups is 2. The summed E-state index contributed by atoms with van der Waals surface area (Å²) >= 11 is 0. The van der Waals surface area contributed by atoms with Crippen molar-refractivity contribution in [1.29, 1.82) is 0 Å². The van der Waals surface area contributed by atoms with Crippen molar-refractivity contribution in [3.05, 3.63) is 0 Å². The molecule has 94 valence electrons. The number of amides is 1. The molecule has 1 atom stereocenters. The molecule has 0 fully saturated rings. The molecule has 1 unspecified atom stereocenters. The van der Waals surface area contributed by atoms with Crippen LogP contribution in [-0.2, 0) is 9.59 Å². The van der Waals surface area contributed by atoms with Gasteiger partial charge in [-0.3, -0.25) is 9.69 Å². The Balaban J connectivity index is 4.44. The minimum absolute atomic E-state index is 0.274. The Morgan fingerprint density at radius 2 is 1.94 bits per heavy atom. The van der Waals surface area contributed by atoms with Crippen LogP contribution in [-0.4, -0.2) is 47.1 Å². The highest BCUT2D eigenvalue weighted by Crippen LogP contribution is 2.02. The average molecular weight is 230 g/mol. The summed E-state index contributed by atoms with van der Waals surface area (Å²) in [6, 6.07) is -0.554. The van der Waals surface area contributed by atoms with Gasteiger partial charge in [0.05, 0.1) is 0 Å². The van der Waals surface area contributed by atoms with Crippen LogP contribution in [0.15, 0.2) is 0 Å². The van der Waals surface area contributed by atoms with Crippen molar-refractivity contribution < 1.29 is 14.7 Å². The maximum absolute atomic E-state index is 11.0. The fraction of sp³-hybridized carbons (Fsp3) is 0.818. The standard InChI is InChI=1S/C11H22N2O3/c1-5-6-13(8(2)3)7-10(11(15)16)12-9(4)14/h8,10H,5-7H2,1-4H3,(H,12,14)(H,15,16). The molecule has 0 bridgehead atoms. The van der Waals surface area contributed by atoms with Crippen LogP contribution in [0.5, 0.6) is 0 Å². The number of aliphatic carboxylic acids is 1. The van der Waals surface area contributed by atoms with E-state index in [-0.39, 0.29) is 11.9 Å². The molecule has 0 radical (unpaired) electrons. The Morgan fingerprint density at radius 1 is 1.38 bits per heavy atom. The van der Waals surface area contributed by atoms with Gasteiger partial charge < -0.3 is 10.4 Å². The van der Waals surface area contributed by atoms with Crippen LogP contribution in [0, 0.1) is 0 Å². The van der Waals surface area contributed by atoms with E-state index in [0.717, 1.165) is 13.0 Å². The molecule has 0 aromatic rings. The molecular formula is C11H22N2O3. The van der Waals surface area contributed by atoms with Crippen LogP contribution in [0.25, 0.3) is 0 Å². The average Bonchev–Trinajstić information content (AvgIpc) is 2.14. The molecule has 0 saturated carbocycles. The molecule has 0 rings (SSSR count). The van der Waals surface area contributed by atoms with Crippen molar-refractivity contribution in [2.24, 2.45) is 0 Å². The van der Waals surface area contributed by atoms with Gasteiger partial charge in [0.2, 0.25) is 5.91 Å². The normalized spacial score (nSPS) is 12.9. The zero-order valence-electron chi connectivity index (χ0n) is 10.5. The van der Waals surface area contributed by atoms with E-state index in [1.165, 1.54) is 6.92 Å². The SMILES string of the molecule is CCCN(CC(NC(C)=O)C(=O)O)C(C)C. The van der Waals surface area contributed by atoms with Gasteiger partial charge in [-0.05, 0) is 26.8 Å². The molecule has 0 aromatic heterocycles. The van der Waals surface area contributed by atoms with Gasteiger partial charge in [-0.15, -0.1) is 0 Å². The summed E-state index contributed by atoms with van der Waals surface area (Å²) in [6.45, 7) is 8.59. The van der Waals surface area contributed by atoms with E-state index >= 15 is 0 Å². The molecule has 0 saturated heterocycles. The molecule has 1 amide bonds. The smallest absolute Gasteiger partial charge is 0.327 e. The second kappa shape index (κ2) is 7.22. The van der Waals surface area contributed by atoms with Gasteiger partial charge >= 0.3 is 5.97 Å². The van der Waals surface area contributed by atoms with Gasteiger partial charge in [-0.1, -0.05) is 6.92 Å². The number of rotatable bonds is 7. The lowest BCUT2D eigenvalue weighted by molar-refractivity contribution is -0.142. The third-order valence-corrected chi connectivity index (χ3v) is 2.33. The number of hydrogen-bond donors (Lipinski definition) is 2. The molecule has 2 N–H and O–H groups in total. The maximum Gasteiger partial charge on any atom is 0.327 e. The molecule has 0 heterocycles. The molecule has 0 aliphatic heterocycles.